The molecule has 1 heterocycles. The van der Waals surface area contributed by atoms with Crippen molar-refractivity contribution in [2.24, 2.45) is 0 Å². The summed E-state index contributed by atoms with van der Waals surface area (Å²) < 4.78 is 0. The number of halogens is 2. The van der Waals surface area contributed by atoms with Crippen LogP contribution in [0, 0.1) is 6.92 Å². The lowest BCUT2D eigenvalue weighted by molar-refractivity contribution is 0.121. The minimum atomic E-state index is 0.553. The van der Waals surface area contributed by atoms with Gasteiger partial charge in [-0.05, 0) is 30.7 Å². The first-order chi connectivity index (χ1) is 6.70. The van der Waals surface area contributed by atoms with Crippen molar-refractivity contribution in [1.82, 2.24) is 5.48 Å². The lowest BCUT2D eigenvalue weighted by Crippen LogP contribution is -2.06. The Bertz CT molecular complexity index is 401. The van der Waals surface area contributed by atoms with E-state index < -0.39 is 0 Å². The van der Waals surface area contributed by atoms with E-state index in [2.05, 4.69) is 5.48 Å². The van der Waals surface area contributed by atoms with E-state index in [1.165, 1.54) is 0 Å². The highest BCUT2D eigenvalue weighted by molar-refractivity contribution is 6.35. The lowest BCUT2D eigenvalue weighted by atomic mass is 10.1. The van der Waals surface area contributed by atoms with Crippen molar-refractivity contribution in [3.8, 4) is 0 Å². The van der Waals surface area contributed by atoms with Crippen LogP contribution in [0.2, 0.25) is 10.0 Å². The first-order valence-corrected chi connectivity index (χ1v) is 4.98. The molecule has 0 amide bonds. The Hall–Kier alpha value is -0.700. The minimum Gasteiger partial charge on any atom is -0.272 e. The fraction of sp³-hybridized carbons (Fsp3) is 0.200. The van der Waals surface area contributed by atoms with Gasteiger partial charge in [0.1, 0.15) is 0 Å². The molecule has 1 N–H and O–H groups in total. The Labute approximate surface area is 92.4 Å². The summed E-state index contributed by atoms with van der Waals surface area (Å²) >= 11 is 12.1. The first kappa shape index (κ1) is 9.84. The summed E-state index contributed by atoms with van der Waals surface area (Å²) in [4.78, 5) is 5.02. The van der Waals surface area contributed by atoms with Crippen LogP contribution in [0.25, 0.3) is 5.70 Å². The fourth-order valence-electron chi connectivity index (χ4n) is 1.42. The van der Waals surface area contributed by atoms with Gasteiger partial charge in [0.25, 0.3) is 0 Å². The van der Waals surface area contributed by atoms with Crippen molar-refractivity contribution in [1.29, 1.82) is 0 Å². The third-order valence-electron chi connectivity index (χ3n) is 2.17. The largest absolute Gasteiger partial charge is 0.272 e. The van der Waals surface area contributed by atoms with Gasteiger partial charge in [-0.15, -0.1) is 0 Å². The minimum absolute atomic E-state index is 0.553. The summed E-state index contributed by atoms with van der Waals surface area (Å²) in [5.41, 5.74) is 5.56. The molecular formula is C10H9Cl2NO. The molecule has 0 spiro atoms. The Morgan fingerprint density at radius 1 is 1.29 bits per heavy atom. The number of benzene rings is 1. The molecule has 2 rings (SSSR count). The highest BCUT2D eigenvalue weighted by atomic mass is 35.5. The van der Waals surface area contributed by atoms with Gasteiger partial charge in [0.15, 0.2) is 0 Å². The molecule has 0 atom stereocenters. The highest BCUT2D eigenvalue weighted by Gasteiger charge is 2.14. The highest BCUT2D eigenvalue weighted by Crippen LogP contribution is 2.31. The van der Waals surface area contributed by atoms with E-state index in [-0.39, 0.29) is 0 Å². The van der Waals surface area contributed by atoms with Crippen LogP contribution in [0.1, 0.15) is 11.1 Å². The van der Waals surface area contributed by atoms with Crippen LogP contribution < -0.4 is 5.48 Å². The molecule has 0 fully saturated rings. The van der Waals surface area contributed by atoms with Crippen molar-refractivity contribution in [3.63, 3.8) is 0 Å². The van der Waals surface area contributed by atoms with Crippen LogP contribution in [0.15, 0.2) is 18.2 Å². The molecule has 2 nitrogen and oxygen atoms in total. The van der Waals surface area contributed by atoms with Crippen LogP contribution >= 0.6 is 23.2 Å². The molecule has 0 aliphatic carbocycles. The van der Waals surface area contributed by atoms with Crippen molar-refractivity contribution in [2.75, 3.05) is 6.61 Å². The van der Waals surface area contributed by atoms with E-state index in [4.69, 9.17) is 28.0 Å². The molecule has 1 aromatic rings. The predicted molar refractivity (Wildman–Crippen MR) is 58.3 cm³/mol. The van der Waals surface area contributed by atoms with Gasteiger partial charge in [0, 0.05) is 10.6 Å². The second-order valence-electron chi connectivity index (χ2n) is 3.06. The van der Waals surface area contributed by atoms with Crippen molar-refractivity contribution < 1.29 is 4.84 Å². The number of hydroxylamine groups is 1. The molecule has 1 aliphatic rings. The van der Waals surface area contributed by atoms with Gasteiger partial charge in [-0.2, -0.15) is 0 Å². The molecular weight excluding hydrogens is 221 g/mol. The molecule has 74 valence electrons. The van der Waals surface area contributed by atoms with Crippen LogP contribution in [0.3, 0.4) is 0 Å². The average molecular weight is 230 g/mol. The van der Waals surface area contributed by atoms with Gasteiger partial charge in [0.2, 0.25) is 0 Å². The zero-order valence-corrected chi connectivity index (χ0v) is 9.12. The summed E-state index contributed by atoms with van der Waals surface area (Å²) in [5.74, 6) is 0. The normalized spacial score (nSPS) is 15.2. The zero-order valence-electron chi connectivity index (χ0n) is 7.60. The monoisotopic (exact) mass is 229 g/mol. The number of nitrogens with one attached hydrogen (secondary N) is 1. The molecule has 14 heavy (non-hydrogen) atoms. The Balaban J connectivity index is 2.55. The maximum absolute atomic E-state index is 6.09. The first-order valence-electron chi connectivity index (χ1n) is 4.23. The Morgan fingerprint density at radius 3 is 2.64 bits per heavy atom. The number of hydrogen-bond acceptors (Lipinski definition) is 2. The lowest BCUT2D eigenvalue weighted by Gasteiger charge is -2.10. The van der Waals surface area contributed by atoms with E-state index in [1.807, 2.05) is 13.0 Å². The molecule has 4 heteroatoms. The predicted octanol–water partition coefficient (Wildman–Crippen LogP) is 3.18. The van der Waals surface area contributed by atoms with Gasteiger partial charge in [-0.1, -0.05) is 23.2 Å². The Morgan fingerprint density at radius 2 is 2.00 bits per heavy atom. The summed E-state index contributed by atoms with van der Waals surface area (Å²) in [7, 11) is 0. The molecule has 0 bridgehead atoms. The SMILES string of the molecule is Cc1c(Cl)ccc(Cl)c1C1=CCON1. The van der Waals surface area contributed by atoms with E-state index in [9.17, 15) is 0 Å². The van der Waals surface area contributed by atoms with Crippen LogP contribution in [-0.4, -0.2) is 6.61 Å². The van der Waals surface area contributed by atoms with Crippen molar-refractivity contribution in [3.05, 3.63) is 39.4 Å². The topological polar surface area (TPSA) is 21.3 Å². The molecule has 0 unspecified atom stereocenters. The summed E-state index contributed by atoms with van der Waals surface area (Å²) in [6.07, 6.45) is 1.94. The van der Waals surface area contributed by atoms with E-state index in [0.717, 1.165) is 16.8 Å². The molecule has 1 aliphatic heterocycles. The quantitative estimate of drug-likeness (QED) is 0.799. The van der Waals surface area contributed by atoms with E-state index in [1.54, 1.807) is 12.1 Å². The van der Waals surface area contributed by atoms with Crippen LogP contribution in [-0.2, 0) is 4.84 Å². The summed E-state index contributed by atoms with van der Waals surface area (Å²) in [6, 6.07) is 3.58. The maximum atomic E-state index is 6.09. The third-order valence-corrected chi connectivity index (χ3v) is 2.89. The van der Waals surface area contributed by atoms with Crippen molar-refractivity contribution >= 4 is 28.9 Å². The van der Waals surface area contributed by atoms with Crippen LogP contribution in [0.4, 0.5) is 0 Å². The second-order valence-corrected chi connectivity index (χ2v) is 3.87. The molecule has 0 saturated heterocycles. The van der Waals surface area contributed by atoms with Crippen molar-refractivity contribution in [2.45, 2.75) is 6.92 Å². The maximum Gasteiger partial charge on any atom is 0.0951 e. The third kappa shape index (κ3) is 1.61. The van der Waals surface area contributed by atoms with Gasteiger partial charge >= 0.3 is 0 Å². The number of rotatable bonds is 1. The zero-order chi connectivity index (χ0) is 10.1. The van der Waals surface area contributed by atoms with Gasteiger partial charge in [-0.25, -0.2) is 0 Å². The molecule has 1 aromatic carbocycles. The Kier molecular flexibility index (Phi) is 2.68. The van der Waals surface area contributed by atoms with E-state index >= 15 is 0 Å². The standard InChI is InChI=1S/C10H9Cl2NO/c1-6-7(11)2-3-8(12)10(6)9-4-5-14-13-9/h2-4,13H,5H2,1H3. The summed E-state index contributed by atoms with van der Waals surface area (Å²) in [5, 5.41) is 1.38. The van der Waals surface area contributed by atoms with Gasteiger partial charge in [0.05, 0.1) is 17.3 Å². The van der Waals surface area contributed by atoms with Gasteiger partial charge in [-0.3, -0.25) is 10.3 Å². The van der Waals surface area contributed by atoms with Crippen LogP contribution in [0.5, 0.6) is 0 Å². The van der Waals surface area contributed by atoms with E-state index in [0.29, 0.717) is 16.7 Å². The summed E-state index contributed by atoms with van der Waals surface area (Å²) in [6.45, 7) is 2.49. The molecule has 0 aromatic heterocycles. The number of hydrogen-bond donors (Lipinski definition) is 1. The van der Waals surface area contributed by atoms with Gasteiger partial charge < -0.3 is 0 Å². The second kappa shape index (κ2) is 3.81. The molecule has 0 saturated carbocycles. The smallest absolute Gasteiger partial charge is 0.0951 e. The molecule has 0 radical (unpaired) electrons. The average Bonchev–Trinajstić information content (AvgIpc) is 2.65. The fourth-order valence-corrected chi connectivity index (χ4v) is 1.89.